The number of carbonyl (C=O) groups excluding carboxylic acids is 1. The first-order valence-corrected chi connectivity index (χ1v) is 5.07. The number of amides is 2. The highest BCUT2D eigenvalue weighted by molar-refractivity contribution is 5.95. The fourth-order valence-corrected chi connectivity index (χ4v) is 1.68. The molecule has 5 nitrogen and oxygen atoms in total. The molecule has 1 aromatic carbocycles. The summed E-state index contributed by atoms with van der Waals surface area (Å²) in [6.45, 7) is 1.29. The molecular formula is C11H12N2O3. The lowest BCUT2D eigenvalue weighted by molar-refractivity contribution is 0.0697. The molecule has 0 aromatic heterocycles. The number of anilines is 1. The normalized spacial score (nSPS) is 15.8. The Balaban J connectivity index is 2.28. The average Bonchev–Trinajstić information content (AvgIpc) is 2.30. The zero-order chi connectivity index (χ0) is 11.5. The van der Waals surface area contributed by atoms with E-state index < -0.39 is 5.97 Å². The fourth-order valence-electron chi connectivity index (χ4n) is 1.68. The molecule has 1 heterocycles. The Kier molecular flexibility index (Phi) is 2.76. The van der Waals surface area contributed by atoms with E-state index in [1.165, 1.54) is 12.1 Å². The maximum absolute atomic E-state index is 11.5. The van der Waals surface area contributed by atoms with Crippen LogP contribution in [-0.4, -0.2) is 30.2 Å². The Morgan fingerprint density at radius 1 is 1.44 bits per heavy atom. The molecule has 1 aromatic rings. The molecular weight excluding hydrogens is 208 g/mol. The van der Waals surface area contributed by atoms with Crippen LogP contribution in [0, 0.1) is 0 Å². The van der Waals surface area contributed by atoms with Crippen molar-refractivity contribution in [3.05, 3.63) is 29.8 Å². The van der Waals surface area contributed by atoms with Gasteiger partial charge in [-0.3, -0.25) is 4.90 Å². The number of urea groups is 1. The van der Waals surface area contributed by atoms with E-state index in [4.69, 9.17) is 5.11 Å². The van der Waals surface area contributed by atoms with Crippen LogP contribution in [0.15, 0.2) is 24.3 Å². The second kappa shape index (κ2) is 4.22. The minimum atomic E-state index is -0.987. The van der Waals surface area contributed by atoms with Crippen molar-refractivity contribution in [2.75, 3.05) is 18.0 Å². The van der Waals surface area contributed by atoms with Gasteiger partial charge in [0, 0.05) is 18.8 Å². The molecule has 0 bridgehead atoms. The predicted molar refractivity (Wildman–Crippen MR) is 58.8 cm³/mol. The smallest absolute Gasteiger partial charge is 0.335 e. The topological polar surface area (TPSA) is 69.6 Å². The number of nitrogens with one attached hydrogen (secondary N) is 1. The average molecular weight is 220 g/mol. The van der Waals surface area contributed by atoms with Gasteiger partial charge in [-0.15, -0.1) is 0 Å². The number of carbonyl (C=O) groups is 2. The standard InChI is InChI=1S/C11H12N2O3/c14-10(15)8-3-1-4-9(7-8)13-6-2-5-12-11(13)16/h1,3-4,7H,2,5-6H2,(H,12,16)(H,14,15). The van der Waals surface area contributed by atoms with Crippen LogP contribution in [0.2, 0.25) is 0 Å². The summed E-state index contributed by atoms with van der Waals surface area (Å²) in [5.41, 5.74) is 0.813. The summed E-state index contributed by atoms with van der Waals surface area (Å²) in [5.74, 6) is -0.987. The zero-order valence-corrected chi connectivity index (χ0v) is 8.64. The molecule has 2 rings (SSSR count). The van der Waals surface area contributed by atoms with Crippen LogP contribution in [0.4, 0.5) is 10.5 Å². The molecule has 1 aliphatic rings. The summed E-state index contributed by atoms with van der Waals surface area (Å²) in [4.78, 5) is 23.9. The first-order valence-electron chi connectivity index (χ1n) is 5.07. The lowest BCUT2D eigenvalue weighted by Gasteiger charge is -2.27. The number of aromatic carboxylic acids is 1. The Morgan fingerprint density at radius 2 is 2.25 bits per heavy atom. The van der Waals surface area contributed by atoms with Crippen LogP contribution < -0.4 is 10.2 Å². The van der Waals surface area contributed by atoms with E-state index in [9.17, 15) is 9.59 Å². The van der Waals surface area contributed by atoms with Gasteiger partial charge in [0.25, 0.3) is 0 Å². The van der Waals surface area contributed by atoms with E-state index in [1.54, 1.807) is 17.0 Å². The van der Waals surface area contributed by atoms with E-state index in [2.05, 4.69) is 5.32 Å². The maximum atomic E-state index is 11.5. The Hall–Kier alpha value is -2.04. The minimum absolute atomic E-state index is 0.172. The highest BCUT2D eigenvalue weighted by atomic mass is 16.4. The van der Waals surface area contributed by atoms with E-state index in [0.29, 0.717) is 18.8 Å². The number of hydrogen-bond acceptors (Lipinski definition) is 2. The Labute approximate surface area is 92.7 Å². The fraction of sp³-hybridized carbons (Fsp3) is 0.273. The van der Waals surface area contributed by atoms with E-state index in [0.717, 1.165) is 6.42 Å². The summed E-state index contributed by atoms with van der Waals surface area (Å²) < 4.78 is 0. The molecule has 1 fully saturated rings. The summed E-state index contributed by atoms with van der Waals surface area (Å²) in [6.07, 6.45) is 0.864. The molecule has 0 atom stereocenters. The van der Waals surface area contributed by atoms with Gasteiger partial charge < -0.3 is 10.4 Å². The second-order valence-electron chi connectivity index (χ2n) is 3.59. The monoisotopic (exact) mass is 220 g/mol. The van der Waals surface area contributed by atoms with Gasteiger partial charge in [0.05, 0.1) is 5.56 Å². The maximum Gasteiger partial charge on any atom is 0.335 e. The van der Waals surface area contributed by atoms with Crippen molar-refractivity contribution in [1.82, 2.24) is 5.32 Å². The third-order valence-corrected chi connectivity index (χ3v) is 2.48. The largest absolute Gasteiger partial charge is 0.478 e. The first-order chi connectivity index (χ1) is 7.68. The first kappa shape index (κ1) is 10.5. The number of carboxylic acids is 1. The van der Waals surface area contributed by atoms with Gasteiger partial charge in [0.1, 0.15) is 0 Å². The minimum Gasteiger partial charge on any atom is -0.478 e. The highest BCUT2D eigenvalue weighted by Gasteiger charge is 2.19. The predicted octanol–water partition coefficient (Wildman–Crippen LogP) is 1.30. The van der Waals surface area contributed by atoms with Gasteiger partial charge in [0.15, 0.2) is 0 Å². The molecule has 2 amide bonds. The van der Waals surface area contributed by atoms with Gasteiger partial charge in [-0.2, -0.15) is 0 Å². The second-order valence-corrected chi connectivity index (χ2v) is 3.59. The quantitative estimate of drug-likeness (QED) is 0.789. The molecule has 5 heteroatoms. The van der Waals surface area contributed by atoms with Crippen LogP contribution in [0.5, 0.6) is 0 Å². The van der Waals surface area contributed by atoms with Gasteiger partial charge in [-0.1, -0.05) is 6.07 Å². The summed E-state index contributed by atoms with van der Waals surface area (Å²) in [6, 6.07) is 6.22. The lowest BCUT2D eigenvalue weighted by atomic mass is 10.2. The van der Waals surface area contributed by atoms with Crippen molar-refractivity contribution in [2.45, 2.75) is 6.42 Å². The number of benzene rings is 1. The summed E-state index contributed by atoms with van der Waals surface area (Å²) in [7, 11) is 0. The molecule has 16 heavy (non-hydrogen) atoms. The molecule has 0 radical (unpaired) electrons. The van der Waals surface area contributed by atoms with Crippen molar-refractivity contribution in [3.8, 4) is 0 Å². The van der Waals surface area contributed by atoms with Gasteiger partial charge in [-0.25, -0.2) is 9.59 Å². The van der Waals surface area contributed by atoms with Crippen molar-refractivity contribution in [3.63, 3.8) is 0 Å². The SMILES string of the molecule is O=C(O)c1cccc(N2CCCNC2=O)c1. The highest BCUT2D eigenvalue weighted by Crippen LogP contribution is 2.18. The Bertz CT molecular complexity index is 431. The van der Waals surface area contributed by atoms with Crippen molar-refractivity contribution < 1.29 is 14.7 Å². The Morgan fingerprint density at radius 3 is 2.94 bits per heavy atom. The summed E-state index contributed by atoms with van der Waals surface area (Å²) >= 11 is 0. The third kappa shape index (κ3) is 1.98. The van der Waals surface area contributed by atoms with Crippen LogP contribution in [0.25, 0.3) is 0 Å². The van der Waals surface area contributed by atoms with Crippen molar-refractivity contribution in [1.29, 1.82) is 0 Å². The van der Waals surface area contributed by atoms with Crippen molar-refractivity contribution in [2.24, 2.45) is 0 Å². The van der Waals surface area contributed by atoms with Gasteiger partial charge in [0.2, 0.25) is 0 Å². The number of carboxylic acid groups (broad SMARTS) is 1. The van der Waals surface area contributed by atoms with Crippen LogP contribution in [-0.2, 0) is 0 Å². The van der Waals surface area contributed by atoms with Crippen LogP contribution in [0.3, 0.4) is 0 Å². The number of nitrogens with zero attached hydrogens (tertiary/aromatic N) is 1. The molecule has 0 aliphatic carbocycles. The van der Waals surface area contributed by atoms with Gasteiger partial charge in [-0.05, 0) is 24.6 Å². The lowest BCUT2D eigenvalue weighted by Crippen LogP contribution is -2.46. The number of rotatable bonds is 2. The third-order valence-electron chi connectivity index (χ3n) is 2.48. The zero-order valence-electron chi connectivity index (χ0n) is 8.64. The van der Waals surface area contributed by atoms with E-state index >= 15 is 0 Å². The molecule has 0 saturated carbocycles. The van der Waals surface area contributed by atoms with E-state index in [1.807, 2.05) is 0 Å². The molecule has 2 N–H and O–H groups in total. The van der Waals surface area contributed by atoms with Gasteiger partial charge >= 0.3 is 12.0 Å². The molecule has 1 aliphatic heterocycles. The number of hydrogen-bond donors (Lipinski definition) is 2. The van der Waals surface area contributed by atoms with Crippen molar-refractivity contribution >= 4 is 17.7 Å². The molecule has 0 unspecified atom stereocenters. The molecule has 1 saturated heterocycles. The summed E-state index contributed by atoms with van der Waals surface area (Å²) in [5, 5.41) is 11.6. The van der Waals surface area contributed by atoms with Crippen LogP contribution in [0.1, 0.15) is 16.8 Å². The van der Waals surface area contributed by atoms with E-state index in [-0.39, 0.29) is 11.6 Å². The van der Waals surface area contributed by atoms with Crippen LogP contribution >= 0.6 is 0 Å². The molecule has 0 spiro atoms. The molecule has 84 valence electrons.